The highest BCUT2D eigenvalue weighted by Gasteiger charge is 2.31. The third-order valence-electron chi connectivity index (χ3n) is 3.94. The van der Waals surface area contributed by atoms with Gasteiger partial charge in [0.15, 0.2) is 0 Å². The van der Waals surface area contributed by atoms with Crippen molar-refractivity contribution in [3.63, 3.8) is 0 Å². The predicted octanol–water partition coefficient (Wildman–Crippen LogP) is 6.37. The zero-order valence-electron chi connectivity index (χ0n) is 14.5. The molecule has 1 aromatic carbocycles. The van der Waals surface area contributed by atoms with E-state index in [9.17, 15) is 18.0 Å². The van der Waals surface area contributed by atoms with Gasteiger partial charge in [-0.25, -0.2) is 4.79 Å². The van der Waals surface area contributed by atoms with E-state index in [0.29, 0.717) is 11.1 Å². The number of esters is 1. The van der Waals surface area contributed by atoms with Gasteiger partial charge in [0.05, 0.1) is 12.2 Å². The summed E-state index contributed by atoms with van der Waals surface area (Å²) in [6, 6.07) is 3.79. The van der Waals surface area contributed by atoms with Crippen molar-refractivity contribution in [2.45, 2.75) is 46.2 Å². The molecule has 0 saturated carbocycles. The van der Waals surface area contributed by atoms with Crippen molar-refractivity contribution in [3.8, 4) is 0 Å². The summed E-state index contributed by atoms with van der Waals surface area (Å²) < 4.78 is 44.4. The molecule has 0 aliphatic carbocycles. The number of ether oxygens (including phenoxy) is 1. The van der Waals surface area contributed by atoms with Gasteiger partial charge >= 0.3 is 12.1 Å². The quantitative estimate of drug-likeness (QED) is 0.436. The highest BCUT2D eigenvalue weighted by molar-refractivity contribution is 7.20. The lowest BCUT2D eigenvalue weighted by atomic mass is 10.0. The summed E-state index contributed by atoms with van der Waals surface area (Å²) in [5.74, 6) is -0.415. The fraction of sp³-hybridized carbons (Fsp3) is 0.421. The number of allylic oxidation sites excluding steroid dienone is 1. The Balaban J connectivity index is 2.51. The maximum Gasteiger partial charge on any atom is 0.416 e. The van der Waals surface area contributed by atoms with Crippen LogP contribution in [-0.4, -0.2) is 12.6 Å². The summed E-state index contributed by atoms with van der Waals surface area (Å²) >= 11 is 1.30. The van der Waals surface area contributed by atoms with Crippen molar-refractivity contribution in [2.75, 3.05) is 6.61 Å². The average molecular weight is 370 g/mol. The first kappa shape index (κ1) is 19.5. The van der Waals surface area contributed by atoms with Gasteiger partial charge in [0.25, 0.3) is 0 Å². The van der Waals surface area contributed by atoms with Crippen LogP contribution < -0.4 is 0 Å². The molecule has 0 unspecified atom stereocenters. The van der Waals surface area contributed by atoms with E-state index in [1.54, 1.807) is 6.92 Å². The molecular weight excluding hydrogens is 349 g/mol. The third-order valence-corrected chi connectivity index (χ3v) is 5.27. The van der Waals surface area contributed by atoms with Gasteiger partial charge in [-0.05, 0) is 55.3 Å². The van der Waals surface area contributed by atoms with Crippen LogP contribution in [0.25, 0.3) is 15.7 Å². The van der Waals surface area contributed by atoms with E-state index in [1.807, 2.05) is 6.92 Å². The molecule has 0 fully saturated rings. The lowest BCUT2D eigenvalue weighted by Gasteiger charge is -2.07. The molecule has 2 rings (SSSR count). The van der Waals surface area contributed by atoms with Gasteiger partial charge in [-0.2, -0.15) is 13.2 Å². The molecule has 0 spiro atoms. The highest BCUT2D eigenvalue weighted by Crippen LogP contribution is 2.40. The van der Waals surface area contributed by atoms with E-state index in [1.165, 1.54) is 29.5 Å². The van der Waals surface area contributed by atoms with Gasteiger partial charge < -0.3 is 4.74 Å². The number of thiophene rings is 1. The maximum atomic E-state index is 12.9. The Labute approximate surface area is 149 Å². The van der Waals surface area contributed by atoms with Gasteiger partial charge in [0.1, 0.15) is 0 Å². The molecule has 0 bridgehead atoms. The molecule has 1 aromatic heterocycles. The molecule has 0 aliphatic heterocycles. The Kier molecular flexibility index (Phi) is 6.27. The van der Waals surface area contributed by atoms with Crippen LogP contribution in [0.15, 0.2) is 24.3 Å². The number of benzene rings is 1. The smallest absolute Gasteiger partial charge is 0.416 e. The summed E-state index contributed by atoms with van der Waals surface area (Å²) in [6.07, 6.45) is -0.343. The standard InChI is InChI=1S/C19H21F3O2S/c1-4-6-7-13(10-17(23)24-5-2)18-12(3)15-9-8-14(19(20,21)22)11-16(15)25-18/h8-11H,4-7H2,1-3H3/b13-10+. The van der Waals surface area contributed by atoms with Gasteiger partial charge in [-0.15, -0.1) is 11.3 Å². The van der Waals surface area contributed by atoms with Crippen molar-refractivity contribution in [1.82, 2.24) is 0 Å². The molecule has 2 aromatic rings. The first-order valence-electron chi connectivity index (χ1n) is 8.26. The highest BCUT2D eigenvalue weighted by atomic mass is 32.1. The number of aryl methyl sites for hydroxylation is 1. The van der Waals surface area contributed by atoms with Gasteiger partial charge in [0.2, 0.25) is 0 Å². The predicted molar refractivity (Wildman–Crippen MR) is 95.7 cm³/mol. The molecule has 0 atom stereocenters. The van der Waals surface area contributed by atoms with E-state index in [2.05, 4.69) is 6.92 Å². The molecule has 0 aliphatic rings. The monoisotopic (exact) mass is 370 g/mol. The van der Waals surface area contributed by atoms with Gasteiger partial charge in [0, 0.05) is 15.7 Å². The van der Waals surface area contributed by atoms with Crippen molar-refractivity contribution < 1.29 is 22.7 Å². The molecule has 0 saturated heterocycles. The number of carbonyl (C=O) groups is 1. The number of fused-ring (bicyclic) bond motifs is 1. The fourth-order valence-electron chi connectivity index (χ4n) is 2.65. The van der Waals surface area contributed by atoms with Gasteiger partial charge in [-0.3, -0.25) is 0 Å². The SMILES string of the molecule is CCCC/C(=C\C(=O)OCC)c1sc2cc(C(F)(F)F)ccc2c1C. The molecule has 0 N–H and O–H groups in total. The minimum absolute atomic E-state index is 0.288. The molecule has 0 radical (unpaired) electrons. The van der Waals surface area contributed by atoms with Crippen LogP contribution in [0.3, 0.4) is 0 Å². The van der Waals surface area contributed by atoms with Crippen molar-refractivity contribution in [2.24, 2.45) is 0 Å². The Morgan fingerprint density at radius 1 is 1.28 bits per heavy atom. The number of rotatable bonds is 6. The second-order valence-corrected chi connectivity index (χ2v) is 6.84. The van der Waals surface area contributed by atoms with Crippen LogP contribution in [0.4, 0.5) is 13.2 Å². The van der Waals surface area contributed by atoms with Crippen molar-refractivity contribution in [3.05, 3.63) is 40.3 Å². The molecule has 2 nitrogen and oxygen atoms in total. The van der Waals surface area contributed by atoms with Crippen LogP contribution in [0.5, 0.6) is 0 Å². The minimum atomic E-state index is -4.36. The average Bonchev–Trinajstić information content (AvgIpc) is 2.87. The van der Waals surface area contributed by atoms with E-state index in [4.69, 9.17) is 4.74 Å². The Morgan fingerprint density at radius 3 is 2.60 bits per heavy atom. The van der Waals surface area contributed by atoms with Crippen LogP contribution >= 0.6 is 11.3 Å². The molecular formula is C19H21F3O2S. The van der Waals surface area contributed by atoms with Crippen LogP contribution in [0.2, 0.25) is 0 Å². The number of halogens is 3. The number of unbranched alkanes of at least 4 members (excludes halogenated alkanes) is 1. The normalized spacial score (nSPS) is 12.6. The van der Waals surface area contributed by atoms with E-state index in [-0.39, 0.29) is 6.61 Å². The second-order valence-electron chi connectivity index (χ2n) is 5.79. The summed E-state index contributed by atoms with van der Waals surface area (Å²) in [5, 5.41) is 0.791. The van der Waals surface area contributed by atoms with Crippen LogP contribution in [0, 0.1) is 6.92 Å². The van der Waals surface area contributed by atoms with E-state index < -0.39 is 17.7 Å². The van der Waals surface area contributed by atoms with Crippen molar-refractivity contribution >= 4 is 33.0 Å². The summed E-state index contributed by atoms with van der Waals surface area (Å²) in [7, 11) is 0. The van der Waals surface area contributed by atoms with Crippen LogP contribution in [0.1, 0.15) is 49.1 Å². The lowest BCUT2D eigenvalue weighted by Crippen LogP contribution is -2.03. The molecule has 25 heavy (non-hydrogen) atoms. The molecule has 6 heteroatoms. The number of alkyl halides is 3. The topological polar surface area (TPSA) is 26.3 Å². The zero-order valence-corrected chi connectivity index (χ0v) is 15.3. The van der Waals surface area contributed by atoms with E-state index in [0.717, 1.165) is 40.3 Å². The summed E-state index contributed by atoms with van der Waals surface area (Å²) in [4.78, 5) is 12.7. The Bertz CT molecular complexity index is 788. The summed E-state index contributed by atoms with van der Waals surface area (Å²) in [6.45, 7) is 5.96. The fourth-order valence-corrected chi connectivity index (χ4v) is 3.94. The molecule has 0 amide bonds. The first-order chi connectivity index (χ1) is 11.8. The largest absolute Gasteiger partial charge is 0.463 e. The van der Waals surface area contributed by atoms with Crippen molar-refractivity contribution in [1.29, 1.82) is 0 Å². The second kappa shape index (κ2) is 8.04. The maximum absolute atomic E-state index is 12.9. The number of carbonyl (C=O) groups excluding carboxylic acids is 1. The Hall–Kier alpha value is -1.82. The van der Waals surface area contributed by atoms with Crippen LogP contribution in [-0.2, 0) is 15.7 Å². The van der Waals surface area contributed by atoms with Gasteiger partial charge in [-0.1, -0.05) is 19.4 Å². The third kappa shape index (κ3) is 4.63. The number of hydrogen-bond acceptors (Lipinski definition) is 3. The minimum Gasteiger partial charge on any atom is -0.463 e. The molecule has 1 heterocycles. The lowest BCUT2D eigenvalue weighted by molar-refractivity contribution is -0.138. The number of hydrogen-bond donors (Lipinski definition) is 0. The molecule has 136 valence electrons. The summed E-state index contributed by atoms with van der Waals surface area (Å²) in [5.41, 5.74) is 1.07. The zero-order chi connectivity index (χ0) is 18.6. The Morgan fingerprint density at radius 2 is 2.00 bits per heavy atom. The first-order valence-corrected chi connectivity index (χ1v) is 9.07. The van der Waals surface area contributed by atoms with E-state index >= 15 is 0 Å².